The first-order valence-electron chi connectivity index (χ1n) is 22.4. The van der Waals surface area contributed by atoms with Crippen molar-refractivity contribution in [3.05, 3.63) is 236 Å². The van der Waals surface area contributed by atoms with Gasteiger partial charge >= 0.3 is 0 Å². The zero-order valence-corrected chi connectivity index (χ0v) is 34.8. The van der Waals surface area contributed by atoms with E-state index in [1.165, 1.54) is 104 Å². The Bertz CT molecular complexity index is 3090. The van der Waals surface area contributed by atoms with E-state index in [-0.39, 0.29) is 5.41 Å². The maximum Gasteiger partial charge on any atom is 0.0540 e. The highest BCUT2D eigenvalue weighted by Crippen LogP contribution is 2.66. The second kappa shape index (κ2) is 15.0. The molecule has 0 aliphatic heterocycles. The van der Waals surface area contributed by atoms with E-state index in [4.69, 9.17) is 0 Å². The van der Waals surface area contributed by atoms with Gasteiger partial charge in [0.1, 0.15) is 0 Å². The number of rotatable bonds is 8. The van der Waals surface area contributed by atoms with Crippen LogP contribution in [0.4, 0.5) is 17.1 Å². The zero-order valence-electron chi connectivity index (χ0n) is 34.8. The molecule has 3 aliphatic carbocycles. The summed E-state index contributed by atoms with van der Waals surface area (Å²) in [5.41, 5.74) is 21.7. The van der Waals surface area contributed by atoms with Crippen LogP contribution in [0.1, 0.15) is 36.8 Å². The lowest BCUT2D eigenvalue weighted by Crippen LogP contribution is -2.32. The molecule has 9 aromatic rings. The van der Waals surface area contributed by atoms with Gasteiger partial charge in [-0.2, -0.15) is 0 Å². The van der Waals surface area contributed by atoms with Crippen molar-refractivity contribution in [1.29, 1.82) is 0 Å². The van der Waals surface area contributed by atoms with Crippen LogP contribution in [-0.4, -0.2) is 0 Å². The first kappa shape index (κ1) is 36.6. The monoisotopic (exact) mass is 793 g/mol. The standard InChI is InChI=1S/C61H47N/c1-3-17-43(18-4-1)49-21-7-8-22-50(49)45-32-35-47(36-33-45)62(48-37-38-56-55-27-13-15-29-58(55)61(59(56)40-48)41-42-31-34-46(61)39-42)60-30-16-14-28-57(60)54-26-12-11-25-53(54)52-24-10-9-23-51(52)44-19-5-2-6-20-44/h1-30,32-33,35-38,40,42,46H,31,34,39,41H2. The van der Waals surface area contributed by atoms with Gasteiger partial charge in [-0.3, -0.25) is 0 Å². The number of fused-ring (bicyclic) bond motifs is 8. The molecule has 0 amide bonds. The summed E-state index contributed by atoms with van der Waals surface area (Å²) in [6.07, 6.45) is 5.29. The highest BCUT2D eigenvalue weighted by molar-refractivity contribution is 5.98. The Morgan fingerprint density at radius 3 is 1.39 bits per heavy atom. The molecule has 2 saturated carbocycles. The molecule has 3 aliphatic rings. The van der Waals surface area contributed by atoms with E-state index in [9.17, 15) is 0 Å². The average Bonchev–Trinajstić information content (AvgIpc) is 4.05. The number of hydrogen-bond acceptors (Lipinski definition) is 1. The molecular weight excluding hydrogens is 747 g/mol. The minimum absolute atomic E-state index is 0.0782. The molecule has 12 rings (SSSR count). The van der Waals surface area contributed by atoms with Crippen molar-refractivity contribution in [2.24, 2.45) is 11.8 Å². The molecule has 0 N–H and O–H groups in total. The molecule has 2 fully saturated rings. The molecular formula is C61H47N. The van der Waals surface area contributed by atoms with Gasteiger partial charge in [0.15, 0.2) is 0 Å². The zero-order chi connectivity index (χ0) is 41.0. The van der Waals surface area contributed by atoms with E-state index in [1.54, 1.807) is 5.56 Å². The van der Waals surface area contributed by atoms with Gasteiger partial charge in [0, 0.05) is 22.4 Å². The van der Waals surface area contributed by atoms with Crippen LogP contribution in [-0.2, 0) is 5.41 Å². The molecule has 9 aromatic carbocycles. The van der Waals surface area contributed by atoms with Crippen molar-refractivity contribution < 1.29 is 0 Å². The lowest BCUT2D eigenvalue weighted by atomic mass is 9.67. The summed E-state index contributed by atoms with van der Waals surface area (Å²) < 4.78 is 0. The van der Waals surface area contributed by atoms with Crippen LogP contribution >= 0.6 is 0 Å². The molecule has 0 radical (unpaired) electrons. The van der Waals surface area contributed by atoms with Crippen molar-refractivity contribution >= 4 is 17.1 Å². The van der Waals surface area contributed by atoms with Crippen LogP contribution in [0.15, 0.2) is 224 Å². The molecule has 3 atom stereocenters. The van der Waals surface area contributed by atoms with Crippen molar-refractivity contribution in [3.63, 3.8) is 0 Å². The van der Waals surface area contributed by atoms with Gasteiger partial charge in [0.25, 0.3) is 0 Å². The predicted molar refractivity (Wildman–Crippen MR) is 260 cm³/mol. The third-order valence-corrected chi connectivity index (χ3v) is 14.4. The second-order valence-corrected chi connectivity index (χ2v) is 17.6. The van der Waals surface area contributed by atoms with Crippen LogP contribution in [0.5, 0.6) is 0 Å². The predicted octanol–water partition coefficient (Wildman–Crippen LogP) is 16.6. The van der Waals surface area contributed by atoms with Gasteiger partial charge in [-0.05, 0) is 134 Å². The number of para-hydroxylation sites is 1. The van der Waals surface area contributed by atoms with Gasteiger partial charge < -0.3 is 4.90 Å². The number of anilines is 3. The molecule has 0 saturated heterocycles. The van der Waals surface area contributed by atoms with Crippen LogP contribution in [0.3, 0.4) is 0 Å². The Balaban J connectivity index is 1.05. The van der Waals surface area contributed by atoms with Crippen molar-refractivity contribution in [3.8, 4) is 66.8 Å². The third-order valence-electron chi connectivity index (χ3n) is 14.4. The topological polar surface area (TPSA) is 3.24 Å². The van der Waals surface area contributed by atoms with E-state index in [0.717, 1.165) is 17.3 Å². The minimum atomic E-state index is 0.0782. The molecule has 3 unspecified atom stereocenters. The summed E-state index contributed by atoms with van der Waals surface area (Å²) >= 11 is 0. The lowest BCUT2D eigenvalue weighted by molar-refractivity contribution is 0.327. The Kier molecular flexibility index (Phi) is 8.89. The molecule has 0 heterocycles. The highest BCUT2D eigenvalue weighted by Gasteiger charge is 2.56. The van der Waals surface area contributed by atoms with Gasteiger partial charge in [-0.15, -0.1) is 0 Å². The molecule has 62 heavy (non-hydrogen) atoms. The average molecular weight is 794 g/mol. The Hall–Kier alpha value is -7.22. The van der Waals surface area contributed by atoms with E-state index in [1.807, 2.05) is 0 Å². The van der Waals surface area contributed by atoms with Gasteiger partial charge in [0.05, 0.1) is 5.69 Å². The van der Waals surface area contributed by atoms with Crippen LogP contribution in [0.2, 0.25) is 0 Å². The first-order chi connectivity index (χ1) is 30.7. The molecule has 1 heteroatoms. The fourth-order valence-electron chi connectivity index (χ4n) is 11.8. The normalized spacial score (nSPS) is 18.1. The number of hydrogen-bond donors (Lipinski definition) is 0. The molecule has 2 bridgehead atoms. The van der Waals surface area contributed by atoms with Crippen LogP contribution < -0.4 is 4.90 Å². The summed E-state index contributed by atoms with van der Waals surface area (Å²) in [5, 5.41) is 0. The molecule has 0 aromatic heterocycles. The number of benzene rings is 9. The van der Waals surface area contributed by atoms with Gasteiger partial charge in [0.2, 0.25) is 0 Å². The van der Waals surface area contributed by atoms with Gasteiger partial charge in [-0.1, -0.05) is 201 Å². The highest BCUT2D eigenvalue weighted by atomic mass is 15.1. The quantitative estimate of drug-likeness (QED) is 0.148. The smallest absolute Gasteiger partial charge is 0.0540 e. The van der Waals surface area contributed by atoms with Crippen molar-refractivity contribution in [2.45, 2.75) is 31.1 Å². The van der Waals surface area contributed by atoms with E-state index in [2.05, 4.69) is 229 Å². The maximum atomic E-state index is 2.59. The molecule has 1 nitrogen and oxygen atoms in total. The van der Waals surface area contributed by atoms with Crippen molar-refractivity contribution in [1.82, 2.24) is 0 Å². The first-order valence-corrected chi connectivity index (χ1v) is 22.4. The summed E-state index contributed by atoms with van der Waals surface area (Å²) in [5.74, 6) is 1.49. The third kappa shape index (κ3) is 5.91. The van der Waals surface area contributed by atoms with Gasteiger partial charge in [-0.25, -0.2) is 0 Å². The number of nitrogens with zero attached hydrogens (tertiary/aromatic N) is 1. The molecule has 296 valence electrons. The van der Waals surface area contributed by atoms with E-state index in [0.29, 0.717) is 5.92 Å². The SMILES string of the molecule is c1ccc(-c2ccccc2-c2ccc(N(c3ccc4c(c3)C3(CC5CCC3C5)c3ccccc3-4)c3ccccc3-c3ccccc3-c3ccccc3-c3ccccc3)cc2)cc1. The van der Waals surface area contributed by atoms with Crippen LogP contribution in [0, 0.1) is 11.8 Å². The minimum Gasteiger partial charge on any atom is -0.310 e. The largest absolute Gasteiger partial charge is 0.310 e. The fraction of sp³-hybridized carbons (Fsp3) is 0.115. The van der Waals surface area contributed by atoms with Crippen molar-refractivity contribution in [2.75, 3.05) is 4.90 Å². The summed E-state index contributed by atoms with van der Waals surface area (Å²) in [7, 11) is 0. The molecule has 1 spiro atoms. The van der Waals surface area contributed by atoms with E-state index >= 15 is 0 Å². The fourth-order valence-corrected chi connectivity index (χ4v) is 11.8. The lowest BCUT2D eigenvalue weighted by Gasteiger charge is -2.37. The van der Waals surface area contributed by atoms with E-state index < -0.39 is 0 Å². The maximum absolute atomic E-state index is 2.59. The second-order valence-electron chi connectivity index (χ2n) is 17.6. The Labute approximate surface area is 365 Å². The van der Waals surface area contributed by atoms with Crippen LogP contribution in [0.25, 0.3) is 66.8 Å². The summed E-state index contributed by atoms with van der Waals surface area (Å²) in [6, 6.07) is 83.2. The summed E-state index contributed by atoms with van der Waals surface area (Å²) in [6.45, 7) is 0. The Morgan fingerprint density at radius 2 is 0.790 bits per heavy atom. The summed E-state index contributed by atoms with van der Waals surface area (Å²) in [4.78, 5) is 2.53. The Morgan fingerprint density at radius 1 is 0.339 bits per heavy atom.